The van der Waals surface area contributed by atoms with Crippen LogP contribution in [0.25, 0.3) is 22.8 Å². The van der Waals surface area contributed by atoms with Gasteiger partial charge in [0, 0.05) is 23.5 Å². The van der Waals surface area contributed by atoms with Gasteiger partial charge in [0.1, 0.15) is 0 Å². The van der Waals surface area contributed by atoms with Crippen molar-refractivity contribution < 1.29 is 14.0 Å². The Kier molecular flexibility index (Phi) is 3.74. The molecule has 0 saturated heterocycles. The molecule has 0 spiro atoms. The van der Waals surface area contributed by atoms with E-state index in [-0.39, 0.29) is 0 Å². The van der Waals surface area contributed by atoms with Gasteiger partial charge in [-0.2, -0.15) is 4.98 Å². The van der Waals surface area contributed by atoms with E-state index in [1.54, 1.807) is 26.6 Å². The number of methoxy groups -OCH3 is 2. The van der Waals surface area contributed by atoms with Crippen LogP contribution in [0.15, 0.2) is 41.2 Å². The third-order valence-corrected chi connectivity index (χ3v) is 3.33. The zero-order chi connectivity index (χ0) is 15.5. The normalized spacial score (nSPS) is 10.5. The lowest BCUT2D eigenvalue weighted by atomic mass is 10.1. The fraction of sp³-hybridized carbons (Fsp3) is 0.188. The fourth-order valence-corrected chi connectivity index (χ4v) is 2.16. The van der Waals surface area contributed by atoms with Crippen LogP contribution in [0.1, 0.15) is 5.56 Å². The predicted molar refractivity (Wildman–Crippen MR) is 80.8 cm³/mol. The van der Waals surface area contributed by atoms with Gasteiger partial charge in [0.2, 0.25) is 5.82 Å². The summed E-state index contributed by atoms with van der Waals surface area (Å²) in [6.45, 7) is 1.95. The molecule has 22 heavy (non-hydrogen) atoms. The molecule has 3 rings (SSSR count). The Hall–Kier alpha value is -2.89. The van der Waals surface area contributed by atoms with E-state index in [1.807, 2.05) is 31.2 Å². The highest BCUT2D eigenvalue weighted by atomic mass is 16.5. The monoisotopic (exact) mass is 297 g/mol. The molecule has 6 heteroatoms. The molecule has 0 radical (unpaired) electrons. The zero-order valence-electron chi connectivity index (χ0n) is 12.5. The van der Waals surface area contributed by atoms with Crippen molar-refractivity contribution in [3.63, 3.8) is 0 Å². The maximum Gasteiger partial charge on any atom is 0.258 e. The molecule has 1 aromatic carbocycles. The van der Waals surface area contributed by atoms with E-state index in [0.717, 1.165) is 16.7 Å². The first-order chi connectivity index (χ1) is 10.7. The van der Waals surface area contributed by atoms with Gasteiger partial charge < -0.3 is 14.0 Å². The van der Waals surface area contributed by atoms with Gasteiger partial charge in [0.15, 0.2) is 11.5 Å². The number of nitrogens with zero attached hydrogens (tertiary/aromatic N) is 3. The molecule has 0 saturated carbocycles. The Balaban J connectivity index is 2.03. The predicted octanol–water partition coefficient (Wildman–Crippen LogP) is 3.12. The number of rotatable bonds is 4. The standard InChI is InChI=1S/C16H15N3O3/c1-10-8-13(20-2)14(21-3)9-12(10)16-18-15(19-22-16)11-4-6-17-7-5-11/h4-9H,1-3H3. The third-order valence-electron chi connectivity index (χ3n) is 3.33. The van der Waals surface area contributed by atoms with Gasteiger partial charge in [-0.05, 0) is 36.8 Å². The van der Waals surface area contributed by atoms with E-state index in [1.165, 1.54) is 0 Å². The van der Waals surface area contributed by atoms with E-state index >= 15 is 0 Å². The molecular weight excluding hydrogens is 282 g/mol. The van der Waals surface area contributed by atoms with Gasteiger partial charge in [0.25, 0.3) is 5.89 Å². The minimum atomic E-state index is 0.435. The molecule has 3 aromatic rings. The number of hydrogen-bond acceptors (Lipinski definition) is 6. The fourth-order valence-electron chi connectivity index (χ4n) is 2.16. The van der Waals surface area contributed by atoms with Gasteiger partial charge in [-0.1, -0.05) is 5.16 Å². The van der Waals surface area contributed by atoms with E-state index in [9.17, 15) is 0 Å². The molecule has 0 aliphatic rings. The van der Waals surface area contributed by atoms with Crippen LogP contribution in [0.4, 0.5) is 0 Å². The maximum atomic E-state index is 5.38. The molecule has 0 atom stereocenters. The smallest absolute Gasteiger partial charge is 0.258 e. The van der Waals surface area contributed by atoms with Gasteiger partial charge in [-0.3, -0.25) is 4.98 Å². The lowest BCUT2D eigenvalue weighted by molar-refractivity contribution is 0.354. The lowest BCUT2D eigenvalue weighted by Gasteiger charge is -2.10. The van der Waals surface area contributed by atoms with Crippen molar-refractivity contribution in [1.29, 1.82) is 0 Å². The van der Waals surface area contributed by atoms with Gasteiger partial charge >= 0.3 is 0 Å². The summed E-state index contributed by atoms with van der Waals surface area (Å²) in [6.07, 6.45) is 3.38. The second-order valence-electron chi connectivity index (χ2n) is 4.68. The molecular formula is C16H15N3O3. The second-order valence-corrected chi connectivity index (χ2v) is 4.68. The van der Waals surface area contributed by atoms with E-state index in [2.05, 4.69) is 15.1 Å². The van der Waals surface area contributed by atoms with Crippen molar-refractivity contribution in [3.05, 3.63) is 42.2 Å². The summed E-state index contributed by atoms with van der Waals surface area (Å²) < 4.78 is 16.0. The third kappa shape index (κ3) is 2.50. The van der Waals surface area contributed by atoms with Crippen LogP contribution in [0.3, 0.4) is 0 Å². The highest BCUT2D eigenvalue weighted by molar-refractivity contribution is 5.66. The number of aryl methyl sites for hydroxylation is 1. The maximum absolute atomic E-state index is 5.38. The van der Waals surface area contributed by atoms with Crippen LogP contribution in [-0.2, 0) is 0 Å². The van der Waals surface area contributed by atoms with E-state index < -0.39 is 0 Å². The molecule has 2 aromatic heterocycles. The van der Waals surface area contributed by atoms with Crippen LogP contribution in [0, 0.1) is 6.92 Å². The van der Waals surface area contributed by atoms with Crippen LogP contribution in [0.5, 0.6) is 11.5 Å². The minimum absolute atomic E-state index is 0.435. The Morgan fingerprint density at radius 1 is 1.00 bits per heavy atom. The van der Waals surface area contributed by atoms with Gasteiger partial charge in [-0.25, -0.2) is 0 Å². The van der Waals surface area contributed by atoms with Gasteiger partial charge in [0.05, 0.1) is 14.2 Å². The Morgan fingerprint density at radius 2 is 1.68 bits per heavy atom. The van der Waals surface area contributed by atoms with Crippen molar-refractivity contribution in [2.24, 2.45) is 0 Å². The summed E-state index contributed by atoms with van der Waals surface area (Å²) in [5, 5.41) is 4.02. The van der Waals surface area contributed by atoms with Crippen molar-refractivity contribution >= 4 is 0 Å². The molecule has 0 aliphatic carbocycles. The quantitative estimate of drug-likeness (QED) is 0.737. The summed E-state index contributed by atoms with van der Waals surface area (Å²) in [6, 6.07) is 7.37. The van der Waals surface area contributed by atoms with Gasteiger partial charge in [-0.15, -0.1) is 0 Å². The van der Waals surface area contributed by atoms with Crippen LogP contribution >= 0.6 is 0 Å². The number of ether oxygens (including phenoxy) is 2. The molecule has 0 fully saturated rings. The average molecular weight is 297 g/mol. The first-order valence-electron chi connectivity index (χ1n) is 6.70. The lowest BCUT2D eigenvalue weighted by Crippen LogP contribution is -1.93. The largest absolute Gasteiger partial charge is 0.493 e. The molecule has 0 aliphatic heterocycles. The van der Waals surface area contributed by atoms with E-state index in [4.69, 9.17) is 14.0 Å². The molecule has 2 heterocycles. The summed E-state index contributed by atoms with van der Waals surface area (Å²) in [7, 11) is 3.19. The minimum Gasteiger partial charge on any atom is -0.493 e. The topological polar surface area (TPSA) is 70.3 Å². The Morgan fingerprint density at radius 3 is 2.36 bits per heavy atom. The van der Waals surface area contributed by atoms with Crippen LogP contribution < -0.4 is 9.47 Å². The summed E-state index contributed by atoms with van der Waals surface area (Å²) >= 11 is 0. The number of aromatic nitrogens is 3. The van der Waals surface area contributed by atoms with Crippen LogP contribution in [0.2, 0.25) is 0 Å². The molecule has 0 bridgehead atoms. The zero-order valence-corrected chi connectivity index (χ0v) is 12.5. The Bertz CT molecular complexity index is 785. The SMILES string of the molecule is COc1cc(C)c(-c2nc(-c3ccncc3)no2)cc1OC. The summed E-state index contributed by atoms with van der Waals surface area (Å²) in [5.74, 6) is 2.24. The number of hydrogen-bond donors (Lipinski definition) is 0. The van der Waals surface area contributed by atoms with Crippen molar-refractivity contribution in [2.75, 3.05) is 14.2 Å². The molecule has 112 valence electrons. The summed E-state index contributed by atoms with van der Waals surface area (Å²) in [4.78, 5) is 8.42. The second kappa shape index (κ2) is 5.85. The van der Waals surface area contributed by atoms with E-state index in [0.29, 0.717) is 23.2 Å². The molecule has 0 unspecified atom stereocenters. The first kappa shape index (κ1) is 14.1. The number of pyridine rings is 1. The summed E-state index contributed by atoms with van der Waals surface area (Å²) in [5.41, 5.74) is 2.62. The molecule has 0 N–H and O–H groups in total. The van der Waals surface area contributed by atoms with Crippen molar-refractivity contribution in [3.8, 4) is 34.3 Å². The van der Waals surface area contributed by atoms with Crippen LogP contribution in [-0.4, -0.2) is 29.3 Å². The highest BCUT2D eigenvalue weighted by Crippen LogP contribution is 2.35. The first-order valence-corrected chi connectivity index (χ1v) is 6.70. The Labute approximate surface area is 127 Å². The highest BCUT2D eigenvalue weighted by Gasteiger charge is 2.16. The molecule has 6 nitrogen and oxygen atoms in total. The van der Waals surface area contributed by atoms with Crippen molar-refractivity contribution in [2.45, 2.75) is 6.92 Å². The van der Waals surface area contributed by atoms with Crippen molar-refractivity contribution in [1.82, 2.24) is 15.1 Å². The molecule has 0 amide bonds. The number of benzene rings is 1. The average Bonchev–Trinajstić information content (AvgIpc) is 3.05.